The second-order valence-electron chi connectivity index (χ2n) is 3.19. The molecule has 0 bridgehead atoms. The van der Waals surface area contributed by atoms with Crippen LogP contribution in [-0.2, 0) is 0 Å². The Morgan fingerprint density at radius 3 is 2.87 bits per heavy atom. The topological polar surface area (TPSA) is 35.2 Å². The fraction of sp³-hybridized carbons (Fsp3) is 0.300. The largest absolute Gasteiger partial charge is 0.491 e. The molecule has 0 saturated heterocycles. The molecule has 0 aliphatic rings. The van der Waals surface area contributed by atoms with E-state index in [9.17, 15) is 0 Å². The van der Waals surface area contributed by atoms with Crippen molar-refractivity contribution >= 4 is 44.7 Å². The first-order valence-corrected chi connectivity index (χ1v) is 5.96. The molecule has 2 N–H and O–H groups in total. The summed E-state index contributed by atoms with van der Waals surface area (Å²) in [6.45, 7) is 2.35. The van der Waals surface area contributed by atoms with Crippen LogP contribution in [0.25, 0.3) is 0 Å². The molecule has 0 spiro atoms. The van der Waals surface area contributed by atoms with Gasteiger partial charge in [-0.25, -0.2) is 0 Å². The molecule has 5 heteroatoms. The monoisotopic (exact) mass is 307 g/mol. The van der Waals surface area contributed by atoms with E-state index in [0.29, 0.717) is 22.4 Å². The van der Waals surface area contributed by atoms with Crippen LogP contribution >= 0.6 is 39.7 Å². The molecular formula is C10H11BrClNOS. The van der Waals surface area contributed by atoms with Crippen LogP contribution in [0.3, 0.4) is 0 Å². The van der Waals surface area contributed by atoms with Crippen LogP contribution < -0.4 is 10.5 Å². The molecule has 0 radical (unpaired) electrons. The Morgan fingerprint density at radius 2 is 2.33 bits per heavy atom. The maximum absolute atomic E-state index is 5.97. The first-order chi connectivity index (χ1) is 7.00. The highest BCUT2D eigenvalue weighted by Gasteiger charge is 2.08. The van der Waals surface area contributed by atoms with Gasteiger partial charge in [-0.15, -0.1) is 0 Å². The lowest BCUT2D eigenvalue weighted by atomic mass is 10.2. The zero-order valence-corrected chi connectivity index (χ0v) is 11.3. The van der Waals surface area contributed by atoms with E-state index in [0.717, 1.165) is 4.47 Å². The van der Waals surface area contributed by atoms with Gasteiger partial charge >= 0.3 is 0 Å². The Labute approximate surface area is 108 Å². The zero-order chi connectivity index (χ0) is 11.4. The molecule has 0 fully saturated rings. The normalized spacial score (nSPS) is 12.2. The van der Waals surface area contributed by atoms with Crippen molar-refractivity contribution in [1.82, 2.24) is 0 Å². The van der Waals surface area contributed by atoms with Gasteiger partial charge in [0.2, 0.25) is 0 Å². The van der Waals surface area contributed by atoms with E-state index in [1.807, 2.05) is 13.0 Å². The fourth-order valence-electron chi connectivity index (χ4n) is 0.889. The molecule has 1 unspecified atom stereocenters. The minimum absolute atomic E-state index is 0.0414. The van der Waals surface area contributed by atoms with Crippen LogP contribution in [0.1, 0.15) is 6.92 Å². The molecule has 0 heterocycles. The molecule has 2 nitrogen and oxygen atoms in total. The van der Waals surface area contributed by atoms with Crippen LogP contribution in [0.2, 0.25) is 5.02 Å². The van der Waals surface area contributed by atoms with Gasteiger partial charge in [0, 0.05) is 10.4 Å². The van der Waals surface area contributed by atoms with Crippen LogP contribution in [0.5, 0.6) is 5.75 Å². The molecule has 1 aromatic carbocycles. The fourth-order valence-corrected chi connectivity index (χ4v) is 1.69. The highest BCUT2D eigenvalue weighted by atomic mass is 79.9. The summed E-state index contributed by atoms with van der Waals surface area (Å²) in [7, 11) is 0. The number of hydrogen-bond donors (Lipinski definition) is 1. The smallest absolute Gasteiger partial charge is 0.137 e. The Balaban J connectivity index is 2.62. The van der Waals surface area contributed by atoms with Gasteiger partial charge in [-0.2, -0.15) is 0 Å². The van der Waals surface area contributed by atoms with Gasteiger partial charge < -0.3 is 10.5 Å². The zero-order valence-electron chi connectivity index (χ0n) is 8.17. The Kier molecular flexibility index (Phi) is 4.83. The number of thiocarbonyl (C=S) groups is 1. The van der Waals surface area contributed by atoms with E-state index in [2.05, 4.69) is 15.9 Å². The van der Waals surface area contributed by atoms with E-state index >= 15 is 0 Å². The average molecular weight is 309 g/mol. The number of hydrogen-bond acceptors (Lipinski definition) is 2. The van der Waals surface area contributed by atoms with E-state index < -0.39 is 0 Å². The molecule has 1 aromatic rings. The minimum atomic E-state index is 0.0414. The number of nitrogens with two attached hydrogens (primary N) is 1. The number of benzene rings is 1. The first-order valence-electron chi connectivity index (χ1n) is 4.38. The van der Waals surface area contributed by atoms with Gasteiger partial charge in [-0.3, -0.25) is 0 Å². The van der Waals surface area contributed by atoms with E-state index in [-0.39, 0.29) is 5.92 Å². The maximum atomic E-state index is 5.97. The third-order valence-corrected chi connectivity index (χ3v) is 3.06. The van der Waals surface area contributed by atoms with Gasteiger partial charge in [-0.05, 0) is 18.2 Å². The van der Waals surface area contributed by atoms with Crippen molar-refractivity contribution in [3.05, 3.63) is 27.7 Å². The lowest BCUT2D eigenvalue weighted by Gasteiger charge is -2.12. The molecule has 15 heavy (non-hydrogen) atoms. The van der Waals surface area contributed by atoms with Crippen molar-refractivity contribution in [2.24, 2.45) is 11.7 Å². The summed E-state index contributed by atoms with van der Waals surface area (Å²) in [6, 6.07) is 5.45. The third kappa shape index (κ3) is 3.97. The summed E-state index contributed by atoms with van der Waals surface area (Å²) in [5.74, 6) is 0.683. The SMILES string of the molecule is CC(COc1ccc(Br)cc1Cl)C(N)=S. The molecule has 0 aliphatic heterocycles. The lowest BCUT2D eigenvalue weighted by Crippen LogP contribution is -2.24. The van der Waals surface area contributed by atoms with Gasteiger partial charge in [-0.1, -0.05) is 46.7 Å². The second-order valence-corrected chi connectivity index (χ2v) is 4.98. The standard InChI is InChI=1S/C10H11BrClNOS/c1-6(10(13)15)5-14-9-3-2-7(11)4-8(9)12/h2-4,6H,5H2,1H3,(H2,13,15). The van der Waals surface area contributed by atoms with Crippen molar-refractivity contribution in [3.63, 3.8) is 0 Å². The number of ether oxygens (including phenoxy) is 1. The Bertz CT molecular complexity index is 372. The molecule has 1 rings (SSSR count). The van der Waals surface area contributed by atoms with E-state index in [1.54, 1.807) is 12.1 Å². The Hall–Kier alpha value is -0.320. The molecule has 0 amide bonds. The highest BCUT2D eigenvalue weighted by Crippen LogP contribution is 2.27. The Morgan fingerprint density at radius 1 is 1.67 bits per heavy atom. The van der Waals surface area contributed by atoms with E-state index in [4.69, 9.17) is 34.3 Å². The van der Waals surface area contributed by atoms with Crippen molar-refractivity contribution in [1.29, 1.82) is 0 Å². The summed E-state index contributed by atoms with van der Waals surface area (Å²) in [5, 5.41) is 0.569. The number of halogens is 2. The van der Waals surface area contributed by atoms with Crippen molar-refractivity contribution in [3.8, 4) is 5.75 Å². The summed E-state index contributed by atoms with van der Waals surface area (Å²) in [6.07, 6.45) is 0. The van der Waals surface area contributed by atoms with Crippen LogP contribution in [-0.4, -0.2) is 11.6 Å². The maximum Gasteiger partial charge on any atom is 0.137 e. The van der Waals surface area contributed by atoms with Crippen LogP contribution in [0, 0.1) is 5.92 Å². The van der Waals surface area contributed by atoms with Gasteiger partial charge in [0.05, 0.1) is 16.6 Å². The van der Waals surface area contributed by atoms with Crippen LogP contribution in [0.15, 0.2) is 22.7 Å². The lowest BCUT2D eigenvalue weighted by molar-refractivity contribution is 0.293. The van der Waals surface area contributed by atoms with Crippen LogP contribution in [0.4, 0.5) is 0 Å². The van der Waals surface area contributed by atoms with Gasteiger partial charge in [0.15, 0.2) is 0 Å². The average Bonchev–Trinajstić information content (AvgIpc) is 2.15. The first kappa shape index (κ1) is 12.7. The molecule has 82 valence electrons. The summed E-state index contributed by atoms with van der Waals surface area (Å²) >= 11 is 14.1. The summed E-state index contributed by atoms with van der Waals surface area (Å²) in [5.41, 5.74) is 5.47. The van der Waals surface area contributed by atoms with Gasteiger partial charge in [0.25, 0.3) is 0 Å². The molecular weight excluding hydrogens is 298 g/mol. The summed E-state index contributed by atoms with van der Waals surface area (Å²) in [4.78, 5) is 0.447. The minimum Gasteiger partial charge on any atom is -0.491 e. The number of rotatable bonds is 4. The molecule has 1 atom stereocenters. The second kappa shape index (κ2) is 5.68. The van der Waals surface area contributed by atoms with Crippen molar-refractivity contribution in [2.75, 3.05) is 6.61 Å². The van der Waals surface area contributed by atoms with Crippen molar-refractivity contribution in [2.45, 2.75) is 6.92 Å². The summed E-state index contributed by atoms with van der Waals surface area (Å²) < 4.78 is 6.41. The van der Waals surface area contributed by atoms with Gasteiger partial charge in [0.1, 0.15) is 5.75 Å². The third-order valence-electron chi connectivity index (χ3n) is 1.87. The predicted molar refractivity (Wildman–Crippen MR) is 70.6 cm³/mol. The predicted octanol–water partition coefficient (Wildman–Crippen LogP) is 3.40. The molecule has 0 aliphatic carbocycles. The molecule has 0 aromatic heterocycles. The quantitative estimate of drug-likeness (QED) is 0.866. The van der Waals surface area contributed by atoms with Crippen molar-refractivity contribution < 1.29 is 4.74 Å². The highest BCUT2D eigenvalue weighted by molar-refractivity contribution is 9.10. The molecule has 0 saturated carbocycles. The van der Waals surface area contributed by atoms with E-state index in [1.165, 1.54) is 0 Å².